The predicted octanol–water partition coefficient (Wildman–Crippen LogP) is 4.48. The summed E-state index contributed by atoms with van der Waals surface area (Å²) in [4.78, 5) is 28.0. The molecule has 0 atom stereocenters. The van der Waals surface area contributed by atoms with Gasteiger partial charge in [-0.15, -0.1) is 0 Å². The Morgan fingerprint density at radius 2 is 0.958 bits per heavy atom. The summed E-state index contributed by atoms with van der Waals surface area (Å²) in [6.07, 6.45) is 0.991. The van der Waals surface area contributed by atoms with Crippen LogP contribution in [0.25, 0.3) is 0 Å². The van der Waals surface area contributed by atoms with Gasteiger partial charge < -0.3 is 9.80 Å². The van der Waals surface area contributed by atoms with Crippen molar-refractivity contribution in [2.45, 2.75) is 54.4 Å². The van der Waals surface area contributed by atoms with Crippen LogP contribution in [0.5, 0.6) is 0 Å². The number of carbonyl (C=O) groups excluding carboxylic acids is 2. The van der Waals surface area contributed by atoms with E-state index in [0.29, 0.717) is 12.8 Å². The van der Waals surface area contributed by atoms with Gasteiger partial charge in [0.05, 0.1) is 0 Å². The molecule has 0 aliphatic heterocycles. The van der Waals surface area contributed by atoms with E-state index in [2.05, 4.69) is 41.5 Å². The molecule has 0 bridgehead atoms. The predicted molar refractivity (Wildman–Crippen MR) is 101 cm³/mol. The maximum Gasteiger partial charge on any atom is 0.227 e. The van der Waals surface area contributed by atoms with E-state index in [0.717, 1.165) is 11.4 Å². The number of rotatable bonds is 4. The first-order valence-electron chi connectivity index (χ1n) is 8.43. The summed E-state index contributed by atoms with van der Waals surface area (Å²) >= 11 is 0. The third kappa shape index (κ3) is 6.34. The second-order valence-corrected chi connectivity index (χ2v) is 8.90. The summed E-state index contributed by atoms with van der Waals surface area (Å²) in [5, 5.41) is 0. The smallest absolute Gasteiger partial charge is 0.227 e. The van der Waals surface area contributed by atoms with Gasteiger partial charge in [-0.1, -0.05) is 41.5 Å². The SMILES string of the molecule is CN(C(=O)CC(C)(C)C)c1ccc(N(C)C(=O)CC(C)(C)C)cc1. The molecule has 0 saturated heterocycles. The molecule has 4 heteroatoms. The van der Waals surface area contributed by atoms with Gasteiger partial charge in [0.1, 0.15) is 0 Å². The average molecular weight is 332 g/mol. The largest absolute Gasteiger partial charge is 0.315 e. The zero-order chi connectivity index (χ0) is 18.7. The summed E-state index contributed by atoms with van der Waals surface area (Å²) < 4.78 is 0. The molecular weight excluding hydrogens is 300 g/mol. The van der Waals surface area contributed by atoms with Crippen LogP contribution in [0.4, 0.5) is 11.4 Å². The van der Waals surface area contributed by atoms with Crippen molar-refractivity contribution in [3.8, 4) is 0 Å². The molecule has 2 amide bonds. The van der Waals surface area contributed by atoms with Crippen LogP contribution in [0.3, 0.4) is 0 Å². The monoisotopic (exact) mass is 332 g/mol. The molecule has 134 valence electrons. The minimum absolute atomic E-state index is 0.0368. The third-order valence-corrected chi connectivity index (χ3v) is 3.74. The van der Waals surface area contributed by atoms with Crippen molar-refractivity contribution in [3.63, 3.8) is 0 Å². The summed E-state index contributed by atoms with van der Waals surface area (Å²) in [5.41, 5.74) is 1.60. The molecule has 1 rings (SSSR count). The first-order chi connectivity index (χ1) is 10.8. The van der Waals surface area contributed by atoms with E-state index in [1.54, 1.807) is 23.9 Å². The number of carbonyl (C=O) groups is 2. The lowest BCUT2D eigenvalue weighted by Crippen LogP contribution is -2.31. The highest BCUT2D eigenvalue weighted by molar-refractivity contribution is 5.95. The Kier molecular flexibility index (Phi) is 6.20. The van der Waals surface area contributed by atoms with Crippen molar-refractivity contribution in [1.29, 1.82) is 0 Å². The Balaban J connectivity index is 2.82. The summed E-state index contributed by atoms with van der Waals surface area (Å²) in [6, 6.07) is 7.54. The van der Waals surface area contributed by atoms with Gasteiger partial charge in [0.15, 0.2) is 0 Å². The fraction of sp³-hybridized carbons (Fsp3) is 0.600. The molecule has 0 aliphatic carbocycles. The Morgan fingerprint density at radius 3 is 1.17 bits per heavy atom. The number of amides is 2. The minimum Gasteiger partial charge on any atom is -0.315 e. The van der Waals surface area contributed by atoms with Crippen LogP contribution in [-0.4, -0.2) is 25.9 Å². The fourth-order valence-electron chi connectivity index (χ4n) is 2.33. The third-order valence-electron chi connectivity index (χ3n) is 3.74. The van der Waals surface area contributed by atoms with Crippen LogP contribution in [0.15, 0.2) is 24.3 Å². The molecule has 0 aliphatic rings. The van der Waals surface area contributed by atoms with Crippen LogP contribution in [0, 0.1) is 10.8 Å². The standard InChI is InChI=1S/C20H32N2O2/c1-19(2,3)13-17(23)21(7)15-9-11-16(12-10-15)22(8)18(24)14-20(4,5)6/h9-12H,13-14H2,1-8H3. The summed E-state index contributed by atoms with van der Waals surface area (Å²) in [7, 11) is 3.58. The topological polar surface area (TPSA) is 40.6 Å². The molecule has 0 fully saturated rings. The van der Waals surface area contributed by atoms with Crippen molar-refractivity contribution in [2.75, 3.05) is 23.9 Å². The van der Waals surface area contributed by atoms with Crippen LogP contribution in [-0.2, 0) is 9.59 Å². The normalized spacial score (nSPS) is 12.0. The molecular formula is C20H32N2O2. The van der Waals surface area contributed by atoms with E-state index >= 15 is 0 Å². The van der Waals surface area contributed by atoms with Gasteiger partial charge in [0, 0.05) is 38.3 Å². The van der Waals surface area contributed by atoms with Gasteiger partial charge in [-0.05, 0) is 35.1 Å². The maximum absolute atomic E-state index is 12.3. The van der Waals surface area contributed by atoms with Gasteiger partial charge in [0.2, 0.25) is 11.8 Å². The van der Waals surface area contributed by atoms with Crippen molar-refractivity contribution in [2.24, 2.45) is 10.8 Å². The summed E-state index contributed by atoms with van der Waals surface area (Å²) in [5.74, 6) is 0.180. The second kappa shape index (κ2) is 7.37. The van der Waals surface area contributed by atoms with Gasteiger partial charge in [-0.25, -0.2) is 0 Å². The Morgan fingerprint density at radius 1 is 0.708 bits per heavy atom. The lowest BCUT2D eigenvalue weighted by atomic mass is 9.91. The number of nitrogens with zero attached hydrogens (tertiary/aromatic N) is 2. The molecule has 4 nitrogen and oxygen atoms in total. The molecule has 1 aromatic rings. The van der Waals surface area contributed by atoms with Crippen LogP contribution in [0.1, 0.15) is 54.4 Å². The van der Waals surface area contributed by atoms with E-state index in [-0.39, 0.29) is 22.6 Å². The quantitative estimate of drug-likeness (QED) is 0.815. The van der Waals surface area contributed by atoms with Crippen LogP contribution < -0.4 is 9.80 Å². The van der Waals surface area contributed by atoms with E-state index in [1.165, 1.54) is 0 Å². The Hall–Kier alpha value is -1.84. The molecule has 24 heavy (non-hydrogen) atoms. The van der Waals surface area contributed by atoms with Crippen molar-refractivity contribution in [3.05, 3.63) is 24.3 Å². The first kappa shape index (κ1) is 20.2. The molecule has 0 radical (unpaired) electrons. The molecule has 0 heterocycles. The van der Waals surface area contributed by atoms with E-state index < -0.39 is 0 Å². The molecule has 0 N–H and O–H groups in total. The highest BCUT2D eigenvalue weighted by Crippen LogP contribution is 2.26. The summed E-state index contributed by atoms with van der Waals surface area (Å²) in [6.45, 7) is 12.3. The van der Waals surface area contributed by atoms with E-state index in [1.807, 2.05) is 24.3 Å². The lowest BCUT2D eigenvalue weighted by Gasteiger charge is -2.25. The van der Waals surface area contributed by atoms with Crippen LogP contribution >= 0.6 is 0 Å². The average Bonchev–Trinajstić information content (AvgIpc) is 2.42. The molecule has 0 unspecified atom stereocenters. The molecule has 0 saturated carbocycles. The van der Waals surface area contributed by atoms with E-state index in [4.69, 9.17) is 0 Å². The molecule has 0 spiro atoms. The number of benzene rings is 1. The van der Waals surface area contributed by atoms with Gasteiger partial charge in [-0.2, -0.15) is 0 Å². The Labute approximate surface area is 146 Å². The van der Waals surface area contributed by atoms with Crippen molar-refractivity contribution >= 4 is 23.2 Å². The van der Waals surface area contributed by atoms with Gasteiger partial charge >= 0.3 is 0 Å². The minimum atomic E-state index is -0.0368. The number of anilines is 2. The van der Waals surface area contributed by atoms with Crippen LogP contribution in [0.2, 0.25) is 0 Å². The molecule has 1 aromatic carbocycles. The zero-order valence-corrected chi connectivity index (χ0v) is 16.4. The second-order valence-electron chi connectivity index (χ2n) is 8.90. The van der Waals surface area contributed by atoms with Gasteiger partial charge in [0.25, 0.3) is 0 Å². The zero-order valence-electron chi connectivity index (χ0n) is 16.4. The van der Waals surface area contributed by atoms with Crippen molar-refractivity contribution < 1.29 is 9.59 Å². The maximum atomic E-state index is 12.3. The fourth-order valence-corrected chi connectivity index (χ4v) is 2.33. The van der Waals surface area contributed by atoms with Gasteiger partial charge in [-0.3, -0.25) is 9.59 Å². The van der Waals surface area contributed by atoms with E-state index in [9.17, 15) is 9.59 Å². The molecule has 0 aromatic heterocycles. The number of hydrogen-bond donors (Lipinski definition) is 0. The van der Waals surface area contributed by atoms with Crippen molar-refractivity contribution in [1.82, 2.24) is 0 Å². The lowest BCUT2D eigenvalue weighted by molar-refractivity contribution is -0.120. The number of hydrogen-bond acceptors (Lipinski definition) is 2. The highest BCUT2D eigenvalue weighted by Gasteiger charge is 2.21. The highest BCUT2D eigenvalue weighted by atomic mass is 16.2. The first-order valence-corrected chi connectivity index (χ1v) is 8.43. The Bertz CT molecular complexity index is 524.